The highest BCUT2D eigenvalue weighted by atomic mass is 15.0. The third-order valence-electron chi connectivity index (χ3n) is 2.93. The standard InChI is InChI=1S/C11H26N2/c1-6-11(7-2,8-12)9-13-10(3,4)5/h13H,6-9,12H2,1-5H3. The Bertz CT molecular complexity index is 123. The molecule has 0 aromatic heterocycles. The minimum Gasteiger partial charge on any atom is -0.330 e. The van der Waals surface area contributed by atoms with Crippen molar-refractivity contribution in [2.24, 2.45) is 11.1 Å². The van der Waals surface area contributed by atoms with Crippen LogP contribution in [0.5, 0.6) is 0 Å². The predicted molar refractivity (Wildman–Crippen MR) is 59.8 cm³/mol. The Balaban J connectivity index is 4.11. The van der Waals surface area contributed by atoms with Gasteiger partial charge in [0, 0.05) is 12.1 Å². The zero-order chi connectivity index (χ0) is 10.5. The molecule has 0 aliphatic heterocycles. The summed E-state index contributed by atoms with van der Waals surface area (Å²) in [5.74, 6) is 0. The molecule has 2 nitrogen and oxygen atoms in total. The van der Waals surface area contributed by atoms with Gasteiger partial charge in [-0.05, 0) is 45.6 Å². The van der Waals surface area contributed by atoms with Gasteiger partial charge in [0.25, 0.3) is 0 Å². The number of rotatable bonds is 5. The molecule has 0 unspecified atom stereocenters. The average molecular weight is 186 g/mol. The summed E-state index contributed by atoms with van der Waals surface area (Å²) in [4.78, 5) is 0. The number of nitrogens with two attached hydrogens (primary N) is 1. The lowest BCUT2D eigenvalue weighted by molar-refractivity contribution is 0.231. The van der Waals surface area contributed by atoms with Crippen LogP contribution in [-0.2, 0) is 0 Å². The zero-order valence-corrected chi connectivity index (χ0v) is 9.91. The van der Waals surface area contributed by atoms with Gasteiger partial charge in [0.05, 0.1) is 0 Å². The molecule has 80 valence electrons. The lowest BCUT2D eigenvalue weighted by Crippen LogP contribution is -2.46. The van der Waals surface area contributed by atoms with Gasteiger partial charge < -0.3 is 11.1 Å². The van der Waals surface area contributed by atoms with Crippen molar-refractivity contribution in [1.29, 1.82) is 0 Å². The maximum atomic E-state index is 5.82. The lowest BCUT2D eigenvalue weighted by atomic mass is 9.82. The topological polar surface area (TPSA) is 38.0 Å². The van der Waals surface area contributed by atoms with Crippen molar-refractivity contribution in [2.45, 2.75) is 53.0 Å². The van der Waals surface area contributed by atoms with E-state index in [0.29, 0.717) is 5.41 Å². The smallest absolute Gasteiger partial charge is 0.00967 e. The van der Waals surface area contributed by atoms with Crippen LogP contribution in [0.15, 0.2) is 0 Å². The fourth-order valence-electron chi connectivity index (χ4n) is 1.31. The van der Waals surface area contributed by atoms with Crippen molar-refractivity contribution < 1.29 is 0 Å². The number of hydrogen-bond donors (Lipinski definition) is 2. The van der Waals surface area contributed by atoms with Gasteiger partial charge in [-0.2, -0.15) is 0 Å². The van der Waals surface area contributed by atoms with E-state index < -0.39 is 0 Å². The summed E-state index contributed by atoms with van der Waals surface area (Å²) in [7, 11) is 0. The second-order valence-corrected chi connectivity index (χ2v) is 5.01. The molecule has 0 fully saturated rings. The van der Waals surface area contributed by atoms with Gasteiger partial charge in [-0.3, -0.25) is 0 Å². The van der Waals surface area contributed by atoms with Crippen LogP contribution >= 0.6 is 0 Å². The number of nitrogens with one attached hydrogen (secondary N) is 1. The van der Waals surface area contributed by atoms with E-state index >= 15 is 0 Å². The average Bonchev–Trinajstić information content (AvgIpc) is 2.06. The molecular formula is C11H26N2. The third-order valence-corrected chi connectivity index (χ3v) is 2.93. The van der Waals surface area contributed by atoms with Gasteiger partial charge in [0.2, 0.25) is 0 Å². The second-order valence-electron chi connectivity index (χ2n) is 5.01. The SMILES string of the molecule is CCC(CC)(CN)CNC(C)(C)C. The first-order valence-electron chi connectivity index (χ1n) is 5.34. The summed E-state index contributed by atoms with van der Waals surface area (Å²) in [5.41, 5.74) is 6.32. The normalized spacial score (nSPS) is 13.4. The van der Waals surface area contributed by atoms with E-state index in [4.69, 9.17) is 5.73 Å². The Hall–Kier alpha value is -0.0800. The third kappa shape index (κ3) is 4.63. The van der Waals surface area contributed by atoms with Gasteiger partial charge >= 0.3 is 0 Å². The van der Waals surface area contributed by atoms with Gasteiger partial charge in [0.15, 0.2) is 0 Å². The molecule has 0 amide bonds. The zero-order valence-electron chi connectivity index (χ0n) is 9.91. The highest BCUT2D eigenvalue weighted by molar-refractivity contribution is 4.83. The molecule has 0 rings (SSSR count). The van der Waals surface area contributed by atoms with Crippen molar-refractivity contribution in [3.05, 3.63) is 0 Å². The van der Waals surface area contributed by atoms with Crippen LogP contribution in [0.4, 0.5) is 0 Å². The van der Waals surface area contributed by atoms with Crippen molar-refractivity contribution >= 4 is 0 Å². The summed E-state index contributed by atoms with van der Waals surface area (Å²) in [6.45, 7) is 12.8. The molecule has 0 aliphatic rings. The summed E-state index contributed by atoms with van der Waals surface area (Å²) < 4.78 is 0. The van der Waals surface area contributed by atoms with Crippen LogP contribution in [0.2, 0.25) is 0 Å². The minimum atomic E-state index is 0.199. The van der Waals surface area contributed by atoms with E-state index in [1.165, 1.54) is 0 Å². The molecule has 3 N–H and O–H groups in total. The van der Waals surface area contributed by atoms with Crippen molar-refractivity contribution in [1.82, 2.24) is 5.32 Å². The second kappa shape index (κ2) is 4.97. The molecule has 0 bridgehead atoms. The fourth-order valence-corrected chi connectivity index (χ4v) is 1.31. The number of hydrogen-bond acceptors (Lipinski definition) is 2. The monoisotopic (exact) mass is 186 g/mol. The summed E-state index contributed by atoms with van der Waals surface area (Å²) >= 11 is 0. The highest BCUT2D eigenvalue weighted by Crippen LogP contribution is 2.24. The molecule has 13 heavy (non-hydrogen) atoms. The minimum absolute atomic E-state index is 0.199. The van der Waals surface area contributed by atoms with E-state index in [1.807, 2.05) is 0 Å². The van der Waals surface area contributed by atoms with Crippen LogP contribution in [0.25, 0.3) is 0 Å². The first kappa shape index (κ1) is 12.9. The van der Waals surface area contributed by atoms with E-state index in [0.717, 1.165) is 25.9 Å². The molecule has 0 atom stereocenters. The van der Waals surface area contributed by atoms with Crippen molar-refractivity contribution in [3.8, 4) is 0 Å². The maximum Gasteiger partial charge on any atom is 0.00967 e. The molecule has 0 radical (unpaired) electrons. The van der Waals surface area contributed by atoms with Crippen LogP contribution in [-0.4, -0.2) is 18.6 Å². The van der Waals surface area contributed by atoms with Gasteiger partial charge in [0.1, 0.15) is 0 Å². The molecule has 2 heteroatoms. The predicted octanol–water partition coefficient (Wildman–Crippen LogP) is 2.14. The maximum absolute atomic E-state index is 5.82. The van der Waals surface area contributed by atoms with E-state index in [1.54, 1.807) is 0 Å². The van der Waals surface area contributed by atoms with Crippen LogP contribution in [0.1, 0.15) is 47.5 Å². The Kier molecular flexibility index (Phi) is 4.93. The van der Waals surface area contributed by atoms with Crippen molar-refractivity contribution in [3.63, 3.8) is 0 Å². The summed E-state index contributed by atoms with van der Waals surface area (Å²) in [6, 6.07) is 0. The van der Waals surface area contributed by atoms with Crippen molar-refractivity contribution in [2.75, 3.05) is 13.1 Å². The molecule has 0 spiro atoms. The molecule has 0 saturated carbocycles. The molecular weight excluding hydrogens is 160 g/mol. The highest BCUT2D eigenvalue weighted by Gasteiger charge is 2.25. The van der Waals surface area contributed by atoms with Crippen LogP contribution < -0.4 is 11.1 Å². The Labute approximate surface area is 83.3 Å². The first-order chi connectivity index (χ1) is 5.89. The van der Waals surface area contributed by atoms with E-state index in [9.17, 15) is 0 Å². The molecule has 0 aliphatic carbocycles. The van der Waals surface area contributed by atoms with Crippen LogP contribution in [0, 0.1) is 5.41 Å². The van der Waals surface area contributed by atoms with Gasteiger partial charge in [-0.15, -0.1) is 0 Å². The Morgan fingerprint density at radius 1 is 1.08 bits per heavy atom. The lowest BCUT2D eigenvalue weighted by Gasteiger charge is -2.34. The quantitative estimate of drug-likeness (QED) is 0.690. The summed E-state index contributed by atoms with van der Waals surface area (Å²) in [6.07, 6.45) is 2.31. The van der Waals surface area contributed by atoms with Gasteiger partial charge in [-0.1, -0.05) is 13.8 Å². The van der Waals surface area contributed by atoms with E-state index in [-0.39, 0.29) is 5.54 Å². The molecule has 0 aromatic rings. The Morgan fingerprint density at radius 3 is 1.77 bits per heavy atom. The first-order valence-corrected chi connectivity index (χ1v) is 5.34. The fraction of sp³-hybridized carbons (Fsp3) is 1.00. The largest absolute Gasteiger partial charge is 0.330 e. The van der Waals surface area contributed by atoms with Crippen LogP contribution in [0.3, 0.4) is 0 Å². The Morgan fingerprint density at radius 2 is 1.54 bits per heavy atom. The molecule has 0 aromatic carbocycles. The summed E-state index contributed by atoms with van der Waals surface area (Å²) in [5, 5.41) is 3.54. The van der Waals surface area contributed by atoms with Gasteiger partial charge in [-0.25, -0.2) is 0 Å². The molecule has 0 saturated heterocycles. The molecule has 0 heterocycles. The van der Waals surface area contributed by atoms with E-state index in [2.05, 4.69) is 39.9 Å².